The summed E-state index contributed by atoms with van der Waals surface area (Å²) >= 11 is 1.51. The van der Waals surface area contributed by atoms with Crippen molar-refractivity contribution >= 4 is 17.1 Å². The third kappa shape index (κ3) is 2.20. The summed E-state index contributed by atoms with van der Waals surface area (Å²) < 4.78 is 2.10. The smallest absolute Gasteiger partial charge is 0.175 e. The van der Waals surface area contributed by atoms with Gasteiger partial charge in [0.2, 0.25) is 0 Å². The molecule has 0 saturated heterocycles. The highest BCUT2D eigenvalue weighted by Gasteiger charge is 2.34. The van der Waals surface area contributed by atoms with Crippen LogP contribution < -0.4 is 0 Å². The lowest BCUT2D eigenvalue weighted by Gasteiger charge is -2.26. The fraction of sp³-hybridized carbons (Fsp3) is 0.533. The highest BCUT2D eigenvalue weighted by molar-refractivity contribution is 7.17. The van der Waals surface area contributed by atoms with Gasteiger partial charge in [-0.25, -0.2) is 9.97 Å². The first-order chi connectivity index (χ1) is 9.37. The number of carbonyl (C=O) groups is 1. The molecule has 2 heterocycles. The number of nitrogens with zero attached hydrogens (tertiary/aromatic N) is 3. The number of ketones is 1. The molecule has 0 fully saturated rings. The molecule has 0 spiro atoms. The predicted molar refractivity (Wildman–Crippen MR) is 80.2 cm³/mol. The van der Waals surface area contributed by atoms with Gasteiger partial charge >= 0.3 is 0 Å². The SMILES string of the molecule is CC(C)n1cncc1-c1nc2c(s1)C(=O)CC(C)(C)C2. The summed E-state index contributed by atoms with van der Waals surface area (Å²) in [5.74, 6) is 0.232. The van der Waals surface area contributed by atoms with Crippen LogP contribution in [0.3, 0.4) is 0 Å². The standard InChI is InChI=1S/C15H19N3OS/c1-9(2)18-8-16-7-11(18)14-17-10-5-15(3,4)6-12(19)13(10)20-14/h7-9H,5-6H2,1-4H3. The van der Waals surface area contributed by atoms with Gasteiger partial charge in [-0.1, -0.05) is 13.8 Å². The highest BCUT2D eigenvalue weighted by atomic mass is 32.1. The lowest BCUT2D eigenvalue weighted by Crippen LogP contribution is -2.25. The van der Waals surface area contributed by atoms with Crippen LogP contribution in [-0.4, -0.2) is 20.3 Å². The predicted octanol–water partition coefficient (Wildman–Crippen LogP) is 3.74. The molecule has 2 aromatic heterocycles. The monoisotopic (exact) mass is 289 g/mol. The molecular formula is C15H19N3OS. The van der Waals surface area contributed by atoms with Crippen LogP contribution in [0.2, 0.25) is 0 Å². The van der Waals surface area contributed by atoms with Crippen molar-refractivity contribution in [3.05, 3.63) is 23.1 Å². The largest absolute Gasteiger partial charge is 0.326 e. The van der Waals surface area contributed by atoms with Gasteiger partial charge in [0.15, 0.2) is 5.78 Å². The average molecular weight is 289 g/mol. The van der Waals surface area contributed by atoms with Crippen LogP contribution in [0.5, 0.6) is 0 Å². The molecule has 0 amide bonds. The van der Waals surface area contributed by atoms with Gasteiger partial charge in [-0.3, -0.25) is 4.79 Å². The summed E-state index contributed by atoms with van der Waals surface area (Å²) in [5.41, 5.74) is 1.99. The first-order valence-electron chi connectivity index (χ1n) is 6.92. The number of thiazole rings is 1. The summed E-state index contributed by atoms with van der Waals surface area (Å²) in [6, 6.07) is 0.334. The minimum atomic E-state index is 0.0215. The zero-order valence-corrected chi connectivity index (χ0v) is 13.1. The van der Waals surface area contributed by atoms with E-state index in [-0.39, 0.29) is 11.2 Å². The Kier molecular flexibility index (Phi) is 3.05. The Morgan fingerprint density at radius 2 is 2.10 bits per heavy atom. The Morgan fingerprint density at radius 3 is 2.80 bits per heavy atom. The van der Waals surface area contributed by atoms with Crippen LogP contribution >= 0.6 is 11.3 Å². The molecule has 4 nitrogen and oxygen atoms in total. The molecule has 0 atom stereocenters. The Hall–Kier alpha value is -1.49. The van der Waals surface area contributed by atoms with Crippen molar-refractivity contribution in [1.29, 1.82) is 0 Å². The van der Waals surface area contributed by atoms with Crippen molar-refractivity contribution in [2.24, 2.45) is 5.41 Å². The van der Waals surface area contributed by atoms with Gasteiger partial charge in [-0.15, -0.1) is 11.3 Å². The van der Waals surface area contributed by atoms with Gasteiger partial charge in [0.25, 0.3) is 0 Å². The first-order valence-corrected chi connectivity index (χ1v) is 7.74. The topological polar surface area (TPSA) is 47.8 Å². The third-order valence-corrected chi connectivity index (χ3v) is 4.84. The molecule has 3 rings (SSSR count). The number of imidazole rings is 1. The van der Waals surface area contributed by atoms with Gasteiger partial charge in [0, 0.05) is 12.5 Å². The van der Waals surface area contributed by atoms with Gasteiger partial charge in [0.1, 0.15) is 5.01 Å². The quantitative estimate of drug-likeness (QED) is 0.846. The van der Waals surface area contributed by atoms with Crippen molar-refractivity contribution in [2.75, 3.05) is 0 Å². The van der Waals surface area contributed by atoms with Crippen LogP contribution in [0, 0.1) is 5.41 Å². The maximum atomic E-state index is 12.3. The van der Waals surface area contributed by atoms with E-state index in [2.05, 4.69) is 37.2 Å². The van der Waals surface area contributed by atoms with E-state index in [9.17, 15) is 4.79 Å². The second kappa shape index (κ2) is 4.52. The fourth-order valence-corrected chi connectivity index (χ4v) is 3.74. The number of aromatic nitrogens is 3. The van der Waals surface area contributed by atoms with E-state index in [1.165, 1.54) is 11.3 Å². The van der Waals surface area contributed by atoms with Crippen LogP contribution in [0.1, 0.15) is 55.5 Å². The molecule has 0 radical (unpaired) electrons. The van der Waals surface area contributed by atoms with Crippen LogP contribution in [-0.2, 0) is 6.42 Å². The molecule has 0 aromatic carbocycles. The lowest BCUT2D eigenvalue weighted by atomic mass is 9.78. The Balaban J connectivity index is 2.06. The van der Waals surface area contributed by atoms with E-state index in [0.29, 0.717) is 12.5 Å². The Morgan fingerprint density at radius 1 is 1.35 bits per heavy atom. The molecule has 1 aliphatic carbocycles. The highest BCUT2D eigenvalue weighted by Crippen LogP contribution is 2.39. The molecule has 0 bridgehead atoms. The maximum Gasteiger partial charge on any atom is 0.175 e. The number of Topliss-reactive ketones (excluding diaryl/α,β-unsaturated/α-hetero) is 1. The zero-order chi connectivity index (χ0) is 14.5. The second-order valence-corrected chi connectivity index (χ2v) is 7.51. The summed E-state index contributed by atoms with van der Waals surface area (Å²) in [7, 11) is 0. The lowest BCUT2D eigenvalue weighted by molar-refractivity contribution is 0.0916. The average Bonchev–Trinajstić information content (AvgIpc) is 2.91. The molecule has 5 heteroatoms. The molecule has 0 unspecified atom stereocenters. The molecule has 20 heavy (non-hydrogen) atoms. The van der Waals surface area contributed by atoms with Crippen LogP contribution in [0.25, 0.3) is 10.7 Å². The molecule has 1 aliphatic rings. The van der Waals surface area contributed by atoms with E-state index in [4.69, 9.17) is 4.98 Å². The van der Waals surface area contributed by atoms with Crippen molar-refractivity contribution in [3.8, 4) is 10.7 Å². The van der Waals surface area contributed by atoms with Crippen molar-refractivity contribution < 1.29 is 4.79 Å². The molecule has 0 aliphatic heterocycles. The van der Waals surface area contributed by atoms with E-state index < -0.39 is 0 Å². The fourth-order valence-electron chi connectivity index (χ4n) is 2.71. The second-order valence-electron chi connectivity index (χ2n) is 6.52. The summed E-state index contributed by atoms with van der Waals surface area (Å²) in [6.07, 6.45) is 5.15. The number of hydrogen-bond acceptors (Lipinski definition) is 4. The van der Waals surface area contributed by atoms with E-state index >= 15 is 0 Å². The van der Waals surface area contributed by atoms with Crippen LogP contribution in [0.15, 0.2) is 12.5 Å². The summed E-state index contributed by atoms with van der Waals surface area (Å²) in [6.45, 7) is 8.50. The molecule has 106 valence electrons. The maximum absolute atomic E-state index is 12.3. The molecule has 2 aromatic rings. The van der Waals surface area contributed by atoms with Crippen molar-refractivity contribution in [1.82, 2.24) is 14.5 Å². The minimum absolute atomic E-state index is 0.0215. The Bertz CT molecular complexity index is 666. The van der Waals surface area contributed by atoms with Gasteiger partial charge in [-0.05, 0) is 25.7 Å². The van der Waals surface area contributed by atoms with E-state index in [1.54, 1.807) is 0 Å². The molecule has 0 N–H and O–H groups in total. The Labute approximate surface area is 122 Å². The van der Waals surface area contributed by atoms with Gasteiger partial charge < -0.3 is 4.57 Å². The molecular weight excluding hydrogens is 270 g/mol. The normalized spacial score (nSPS) is 17.6. The summed E-state index contributed by atoms with van der Waals surface area (Å²) in [4.78, 5) is 22.0. The van der Waals surface area contributed by atoms with Crippen LogP contribution in [0.4, 0.5) is 0 Å². The number of rotatable bonds is 2. The van der Waals surface area contributed by atoms with Gasteiger partial charge in [-0.2, -0.15) is 0 Å². The summed E-state index contributed by atoms with van der Waals surface area (Å²) in [5, 5.41) is 0.909. The minimum Gasteiger partial charge on any atom is -0.326 e. The first kappa shape index (κ1) is 13.5. The molecule has 0 saturated carbocycles. The number of hydrogen-bond donors (Lipinski definition) is 0. The van der Waals surface area contributed by atoms with Crippen molar-refractivity contribution in [2.45, 2.75) is 46.6 Å². The third-order valence-electron chi connectivity index (χ3n) is 3.68. The zero-order valence-electron chi connectivity index (χ0n) is 12.3. The van der Waals surface area contributed by atoms with Gasteiger partial charge in [0.05, 0.1) is 28.8 Å². The number of carbonyl (C=O) groups excluding carboxylic acids is 1. The number of fused-ring (bicyclic) bond motifs is 1. The van der Waals surface area contributed by atoms with Crippen molar-refractivity contribution in [3.63, 3.8) is 0 Å². The van der Waals surface area contributed by atoms with E-state index in [0.717, 1.165) is 27.7 Å². The van der Waals surface area contributed by atoms with E-state index in [1.807, 2.05) is 12.5 Å².